The fourth-order valence-corrected chi connectivity index (χ4v) is 3.79. The first-order chi connectivity index (χ1) is 17.0. The first kappa shape index (κ1) is 25.6. The van der Waals surface area contributed by atoms with Crippen LogP contribution in [0.1, 0.15) is 22.8 Å². The minimum absolute atomic E-state index is 0.0793. The Morgan fingerprint density at radius 2 is 1.69 bits per heavy atom. The molecule has 0 saturated heterocycles. The van der Waals surface area contributed by atoms with E-state index in [9.17, 15) is 14.4 Å². The number of nitrogens with one attached hydrogen (secondary N) is 2. The highest BCUT2D eigenvalue weighted by Crippen LogP contribution is 2.22. The van der Waals surface area contributed by atoms with Crippen molar-refractivity contribution in [2.24, 2.45) is 0 Å². The summed E-state index contributed by atoms with van der Waals surface area (Å²) in [5, 5.41) is 5.53. The topological polar surface area (TPSA) is 93.7 Å². The number of ether oxygens (including phenoxy) is 2. The second-order valence-electron chi connectivity index (χ2n) is 7.23. The molecule has 0 fully saturated rings. The third-order valence-corrected chi connectivity index (χ3v) is 5.67. The quantitative estimate of drug-likeness (QED) is 0.242. The van der Waals surface area contributed by atoms with Crippen LogP contribution in [-0.2, 0) is 14.3 Å². The van der Waals surface area contributed by atoms with E-state index in [4.69, 9.17) is 4.74 Å². The molecule has 0 aromatic heterocycles. The van der Waals surface area contributed by atoms with E-state index >= 15 is 0 Å². The lowest BCUT2D eigenvalue weighted by Crippen LogP contribution is -2.30. The SMILES string of the molecule is CCOc1ccc(/C=C(/NC(=O)c2ccccc2)C(=O)Nc2cccc(SCC(=O)OC)c2)cc1. The van der Waals surface area contributed by atoms with Gasteiger partial charge in [0.1, 0.15) is 11.4 Å². The highest BCUT2D eigenvalue weighted by Gasteiger charge is 2.15. The molecule has 0 saturated carbocycles. The molecule has 3 aromatic carbocycles. The Morgan fingerprint density at radius 1 is 0.943 bits per heavy atom. The lowest BCUT2D eigenvalue weighted by atomic mass is 10.1. The number of anilines is 1. The molecule has 0 spiro atoms. The Kier molecular flexibility index (Phi) is 9.50. The Labute approximate surface area is 208 Å². The largest absolute Gasteiger partial charge is 0.494 e. The van der Waals surface area contributed by atoms with Gasteiger partial charge in [0.05, 0.1) is 19.5 Å². The van der Waals surface area contributed by atoms with Gasteiger partial charge in [-0.3, -0.25) is 14.4 Å². The summed E-state index contributed by atoms with van der Waals surface area (Å²) in [7, 11) is 1.33. The van der Waals surface area contributed by atoms with Crippen molar-refractivity contribution < 1.29 is 23.9 Å². The van der Waals surface area contributed by atoms with E-state index in [0.717, 1.165) is 4.90 Å². The number of benzene rings is 3. The molecule has 8 heteroatoms. The van der Waals surface area contributed by atoms with Gasteiger partial charge in [0.15, 0.2) is 0 Å². The summed E-state index contributed by atoms with van der Waals surface area (Å²) in [6.07, 6.45) is 1.60. The first-order valence-corrected chi connectivity index (χ1v) is 11.9. The Hall–Kier alpha value is -4.04. The van der Waals surface area contributed by atoms with Crippen molar-refractivity contribution in [3.05, 3.63) is 95.7 Å². The minimum atomic E-state index is -0.488. The maximum Gasteiger partial charge on any atom is 0.315 e. The molecule has 3 rings (SSSR count). The molecular formula is C27H26N2O5S. The van der Waals surface area contributed by atoms with Crippen LogP contribution >= 0.6 is 11.8 Å². The third kappa shape index (κ3) is 8.04. The number of rotatable bonds is 10. The summed E-state index contributed by atoms with van der Waals surface area (Å²) in [6, 6.07) is 22.9. The number of hydrogen-bond acceptors (Lipinski definition) is 6. The van der Waals surface area contributed by atoms with E-state index in [2.05, 4.69) is 15.4 Å². The van der Waals surface area contributed by atoms with Crippen LogP contribution in [0.15, 0.2) is 89.5 Å². The number of hydrogen-bond donors (Lipinski definition) is 2. The molecule has 0 aliphatic heterocycles. The van der Waals surface area contributed by atoms with E-state index in [1.165, 1.54) is 18.9 Å². The zero-order valence-corrected chi connectivity index (χ0v) is 20.3. The van der Waals surface area contributed by atoms with Crippen LogP contribution in [-0.4, -0.2) is 37.3 Å². The number of carbonyl (C=O) groups excluding carboxylic acids is 3. The van der Waals surface area contributed by atoms with Crippen LogP contribution < -0.4 is 15.4 Å². The monoisotopic (exact) mass is 490 g/mol. The zero-order chi connectivity index (χ0) is 25.0. The lowest BCUT2D eigenvalue weighted by Gasteiger charge is -2.12. The van der Waals surface area contributed by atoms with Crippen LogP contribution in [0.5, 0.6) is 5.75 Å². The van der Waals surface area contributed by atoms with Gasteiger partial charge < -0.3 is 20.1 Å². The summed E-state index contributed by atoms with van der Waals surface area (Å²) in [6.45, 7) is 2.45. The fraction of sp³-hybridized carbons (Fsp3) is 0.148. The highest BCUT2D eigenvalue weighted by atomic mass is 32.2. The normalized spacial score (nSPS) is 10.9. The molecule has 2 amide bonds. The van der Waals surface area contributed by atoms with Crippen molar-refractivity contribution in [2.75, 3.05) is 24.8 Å². The van der Waals surface area contributed by atoms with E-state index in [-0.39, 0.29) is 17.4 Å². The fourth-order valence-electron chi connectivity index (χ4n) is 3.00. The number of amides is 2. The molecule has 35 heavy (non-hydrogen) atoms. The molecule has 0 atom stereocenters. The number of methoxy groups -OCH3 is 1. The molecule has 7 nitrogen and oxygen atoms in total. The second kappa shape index (κ2) is 13.0. The maximum atomic E-state index is 13.2. The van der Waals surface area contributed by atoms with Crippen LogP contribution in [0.3, 0.4) is 0 Å². The molecule has 0 heterocycles. The van der Waals surface area contributed by atoms with Crippen LogP contribution in [0.25, 0.3) is 6.08 Å². The van der Waals surface area contributed by atoms with E-state index in [0.29, 0.717) is 29.2 Å². The summed E-state index contributed by atoms with van der Waals surface area (Å²) in [4.78, 5) is 38.2. The van der Waals surface area contributed by atoms with Crippen molar-refractivity contribution in [2.45, 2.75) is 11.8 Å². The summed E-state index contributed by atoms with van der Waals surface area (Å²) in [5.74, 6) is -0.360. The van der Waals surface area contributed by atoms with E-state index in [1.54, 1.807) is 72.8 Å². The summed E-state index contributed by atoms with van der Waals surface area (Å²) < 4.78 is 10.1. The van der Waals surface area contributed by atoms with Crippen molar-refractivity contribution in [3.8, 4) is 5.75 Å². The van der Waals surface area contributed by atoms with Gasteiger partial charge in [-0.15, -0.1) is 11.8 Å². The molecule has 180 valence electrons. The predicted molar refractivity (Wildman–Crippen MR) is 137 cm³/mol. The maximum absolute atomic E-state index is 13.2. The average Bonchev–Trinajstić information content (AvgIpc) is 2.88. The number of thioether (sulfide) groups is 1. The second-order valence-corrected chi connectivity index (χ2v) is 8.28. The van der Waals surface area contributed by atoms with Gasteiger partial charge in [0.2, 0.25) is 0 Å². The minimum Gasteiger partial charge on any atom is -0.494 e. The van der Waals surface area contributed by atoms with Crippen molar-refractivity contribution >= 4 is 41.3 Å². The lowest BCUT2D eigenvalue weighted by molar-refractivity contribution is -0.137. The molecule has 0 unspecified atom stereocenters. The van der Waals surface area contributed by atoms with Gasteiger partial charge in [-0.2, -0.15) is 0 Å². The Balaban J connectivity index is 1.81. The highest BCUT2D eigenvalue weighted by molar-refractivity contribution is 8.00. The molecule has 0 aliphatic carbocycles. The van der Waals surface area contributed by atoms with Gasteiger partial charge in [-0.05, 0) is 61.0 Å². The van der Waals surface area contributed by atoms with Gasteiger partial charge >= 0.3 is 5.97 Å². The standard InChI is InChI=1S/C27H26N2O5S/c1-3-34-22-14-12-19(13-15-22)16-24(29-26(31)20-8-5-4-6-9-20)27(32)28-21-10-7-11-23(17-21)35-18-25(30)33-2/h4-17H,3,18H2,1-2H3,(H,28,32)(H,29,31)/b24-16+. The van der Waals surface area contributed by atoms with E-state index in [1.807, 2.05) is 19.1 Å². The third-order valence-electron chi connectivity index (χ3n) is 4.71. The van der Waals surface area contributed by atoms with Gasteiger partial charge in [-0.1, -0.05) is 36.4 Å². The number of esters is 1. The van der Waals surface area contributed by atoms with Crippen molar-refractivity contribution in [1.82, 2.24) is 5.32 Å². The van der Waals surface area contributed by atoms with E-state index < -0.39 is 11.8 Å². The van der Waals surface area contributed by atoms with Crippen molar-refractivity contribution in [1.29, 1.82) is 0 Å². The van der Waals surface area contributed by atoms with Gasteiger partial charge in [0, 0.05) is 16.1 Å². The van der Waals surface area contributed by atoms with Crippen LogP contribution in [0.4, 0.5) is 5.69 Å². The van der Waals surface area contributed by atoms with Gasteiger partial charge in [0.25, 0.3) is 11.8 Å². The summed E-state index contributed by atoms with van der Waals surface area (Å²) >= 11 is 1.30. The number of carbonyl (C=O) groups is 3. The zero-order valence-electron chi connectivity index (χ0n) is 19.4. The average molecular weight is 491 g/mol. The molecular weight excluding hydrogens is 464 g/mol. The van der Waals surface area contributed by atoms with Crippen molar-refractivity contribution in [3.63, 3.8) is 0 Å². The smallest absolute Gasteiger partial charge is 0.315 e. The Bertz CT molecular complexity index is 1190. The Morgan fingerprint density at radius 3 is 2.37 bits per heavy atom. The first-order valence-electron chi connectivity index (χ1n) is 10.9. The molecule has 0 aliphatic rings. The van der Waals surface area contributed by atoms with Crippen LogP contribution in [0.2, 0.25) is 0 Å². The summed E-state index contributed by atoms with van der Waals surface area (Å²) in [5.41, 5.74) is 1.75. The predicted octanol–water partition coefficient (Wildman–Crippen LogP) is 4.76. The molecule has 2 N–H and O–H groups in total. The van der Waals surface area contributed by atoms with Gasteiger partial charge in [-0.25, -0.2) is 0 Å². The molecule has 3 aromatic rings. The molecule has 0 radical (unpaired) electrons. The van der Waals surface area contributed by atoms with Crippen LogP contribution in [0, 0.1) is 0 Å². The molecule has 0 bridgehead atoms.